The first-order chi connectivity index (χ1) is 12.1. The highest BCUT2D eigenvalue weighted by atomic mass is 32.1. The van der Waals surface area contributed by atoms with Crippen LogP contribution in [0.5, 0.6) is 11.5 Å². The number of hydrogen-bond donors (Lipinski definition) is 1. The Morgan fingerprint density at radius 3 is 2.80 bits per heavy atom. The molecule has 0 fully saturated rings. The van der Waals surface area contributed by atoms with Gasteiger partial charge in [0, 0.05) is 6.08 Å². The minimum Gasteiger partial charge on any atom is -0.493 e. The van der Waals surface area contributed by atoms with E-state index in [4.69, 9.17) is 26.4 Å². The molecule has 7 heteroatoms. The van der Waals surface area contributed by atoms with Crippen LogP contribution >= 0.6 is 23.6 Å². The molecule has 2 aromatic rings. The summed E-state index contributed by atoms with van der Waals surface area (Å²) in [5.41, 5.74) is 0.927. The summed E-state index contributed by atoms with van der Waals surface area (Å²) in [6.45, 7) is 4.76. The second kappa shape index (κ2) is 9.39. The van der Waals surface area contributed by atoms with Gasteiger partial charge >= 0.3 is 5.97 Å². The van der Waals surface area contributed by atoms with E-state index in [-0.39, 0.29) is 0 Å². The average Bonchev–Trinajstić information content (AvgIpc) is 2.92. The highest BCUT2D eigenvalue weighted by molar-refractivity contribution is 7.73. The molecule has 134 valence electrons. The Labute approximate surface area is 155 Å². The van der Waals surface area contributed by atoms with Crippen LogP contribution in [0.15, 0.2) is 18.2 Å². The van der Waals surface area contributed by atoms with Crippen molar-refractivity contribution in [1.82, 2.24) is 4.98 Å². The zero-order valence-electron chi connectivity index (χ0n) is 14.5. The summed E-state index contributed by atoms with van der Waals surface area (Å²) in [6, 6.07) is 5.69. The maximum Gasteiger partial charge on any atom is 0.332 e. The Morgan fingerprint density at radius 1 is 1.32 bits per heavy atom. The highest BCUT2D eigenvalue weighted by Gasteiger charge is 2.05. The van der Waals surface area contributed by atoms with Crippen molar-refractivity contribution in [3.05, 3.63) is 37.6 Å². The van der Waals surface area contributed by atoms with E-state index in [0.29, 0.717) is 34.0 Å². The first kappa shape index (κ1) is 19.2. The molecule has 0 radical (unpaired) electrons. The molecule has 0 saturated carbocycles. The molecule has 0 atom stereocenters. The van der Waals surface area contributed by atoms with E-state index >= 15 is 0 Å². The lowest BCUT2D eigenvalue weighted by Crippen LogP contribution is -2.23. The molecule has 2 rings (SSSR count). The molecule has 1 heterocycles. The molecular weight excluding hydrogens is 358 g/mol. The van der Waals surface area contributed by atoms with E-state index < -0.39 is 5.97 Å². The lowest BCUT2D eigenvalue weighted by molar-refractivity contribution is -0.135. The summed E-state index contributed by atoms with van der Waals surface area (Å²) in [5.74, 6) is 0.974. The zero-order chi connectivity index (χ0) is 18.2. The minimum absolute atomic E-state index is 0.329. The molecule has 0 aliphatic carbocycles. The SMILES string of the molecule is CCCOc1cc(/C=c2\sc(=S)[nH]\c2=C/C(=O)OCC)ccc1OC. The van der Waals surface area contributed by atoms with Crippen LogP contribution in [0.4, 0.5) is 0 Å². The largest absolute Gasteiger partial charge is 0.493 e. The van der Waals surface area contributed by atoms with E-state index in [0.717, 1.165) is 16.5 Å². The Morgan fingerprint density at radius 2 is 2.12 bits per heavy atom. The van der Waals surface area contributed by atoms with Gasteiger partial charge in [-0.3, -0.25) is 0 Å². The van der Waals surface area contributed by atoms with Crippen molar-refractivity contribution in [3.8, 4) is 11.5 Å². The number of aromatic nitrogens is 1. The van der Waals surface area contributed by atoms with E-state index in [2.05, 4.69) is 4.98 Å². The summed E-state index contributed by atoms with van der Waals surface area (Å²) in [7, 11) is 1.61. The molecule has 0 amide bonds. The van der Waals surface area contributed by atoms with Crippen LogP contribution in [-0.2, 0) is 9.53 Å². The number of carbonyl (C=O) groups excluding carboxylic acids is 1. The van der Waals surface area contributed by atoms with Crippen LogP contribution in [0.3, 0.4) is 0 Å². The number of methoxy groups -OCH3 is 1. The summed E-state index contributed by atoms with van der Waals surface area (Å²) in [4.78, 5) is 14.7. The van der Waals surface area contributed by atoms with Crippen molar-refractivity contribution in [1.29, 1.82) is 0 Å². The second-order valence-corrected chi connectivity index (χ2v) is 6.81. The fourth-order valence-electron chi connectivity index (χ4n) is 2.13. The number of carbonyl (C=O) groups is 1. The van der Waals surface area contributed by atoms with Crippen LogP contribution in [-0.4, -0.2) is 31.3 Å². The van der Waals surface area contributed by atoms with Gasteiger partial charge in [0.1, 0.15) is 0 Å². The molecule has 0 unspecified atom stereocenters. The Hall–Kier alpha value is -2.12. The van der Waals surface area contributed by atoms with Crippen LogP contribution in [0.1, 0.15) is 25.8 Å². The van der Waals surface area contributed by atoms with Gasteiger partial charge in [-0.15, -0.1) is 11.3 Å². The fourth-order valence-corrected chi connectivity index (χ4v) is 3.28. The molecule has 0 spiro atoms. The number of benzene rings is 1. The maximum absolute atomic E-state index is 11.7. The smallest absolute Gasteiger partial charge is 0.332 e. The van der Waals surface area contributed by atoms with E-state index in [1.807, 2.05) is 31.2 Å². The van der Waals surface area contributed by atoms with Crippen molar-refractivity contribution in [3.63, 3.8) is 0 Å². The summed E-state index contributed by atoms with van der Waals surface area (Å²) < 4.78 is 17.5. The Bertz CT molecular complexity index is 899. The lowest BCUT2D eigenvalue weighted by atomic mass is 10.2. The van der Waals surface area contributed by atoms with E-state index in [1.54, 1.807) is 14.0 Å². The van der Waals surface area contributed by atoms with Crippen molar-refractivity contribution < 1.29 is 19.0 Å². The molecule has 0 aliphatic rings. The molecular formula is C18H21NO4S2. The molecule has 1 aromatic heterocycles. The fraction of sp³-hybridized carbons (Fsp3) is 0.333. The van der Waals surface area contributed by atoms with Gasteiger partial charge < -0.3 is 19.2 Å². The summed E-state index contributed by atoms with van der Waals surface area (Å²) in [5, 5.41) is 0.639. The number of nitrogens with one attached hydrogen (secondary N) is 1. The summed E-state index contributed by atoms with van der Waals surface area (Å²) >= 11 is 6.60. The third-order valence-corrected chi connectivity index (χ3v) is 4.40. The molecule has 0 saturated heterocycles. The van der Waals surface area contributed by atoms with Crippen LogP contribution in [0.2, 0.25) is 0 Å². The standard InChI is InChI=1S/C18H21NO4S2/c1-4-8-23-15-9-12(6-7-14(15)21-3)10-16-13(19-18(24)25-16)11-17(20)22-5-2/h6-7,9-11H,4-5,8H2,1-3H3,(H,19,24)/b13-11-,16-10-. The van der Waals surface area contributed by atoms with Crippen molar-refractivity contribution in [2.75, 3.05) is 20.3 Å². The van der Waals surface area contributed by atoms with Crippen LogP contribution in [0, 0.1) is 3.95 Å². The van der Waals surface area contributed by atoms with E-state index in [1.165, 1.54) is 17.4 Å². The minimum atomic E-state index is -0.400. The number of ether oxygens (including phenoxy) is 3. The van der Waals surface area contributed by atoms with Crippen LogP contribution in [0.25, 0.3) is 12.2 Å². The lowest BCUT2D eigenvalue weighted by Gasteiger charge is -2.10. The number of thiazole rings is 1. The molecule has 1 aromatic carbocycles. The molecule has 5 nitrogen and oxygen atoms in total. The first-order valence-electron chi connectivity index (χ1n) is 7.97. The summed E-state index contributed by atoms with van der Waals surface area (Å²) in [6.07, 6.45) is 4.27. The quantitative estimate of drug-likeness (QED) is 0.592. The van der Waals surface area contributed by atoms with Gasteiger partial charge in [-0.05, 0) is 49.3 Å². The Balaban J connectivity index is 2.47. The third kappa shape index (κ3) is 5.44. The van der Waals surface area contributed by atoms with Gasteiger partial charge in [-0.25, -0.2) is 4.79 Å². The molecule has 1 N–H and O–H groups in total. The number of aromatic amines is 1. The molecule has 0 bridgehead atoms. The first-order valence-corrected chi connectivity index (χ1v) is 9.20. The number of rotatable bonds is 7. The van der Waals surface area contributed by atoms with Crippen LogP contribution < -0.4 is 19.4 Å². The number of esters is 1. The van der Waals surface area contributed by atoms with Crippen molar-refractivity contribution in [2.45, 2.75) is 20.3 Å². The molecule has 0 aliphatic heterocycles. The molecule has 25 heavy (non-hydrogen) atoms. The van der Waals surface area contributed by atoms with E-state index in [9.17, 15) is 4.79 Å². The highest BCUT2D eigenvalue weighted by Crippen LogP contribution is 2.28. The van der Waals surface area contributed by atoms with Gasteiger partial charge in [0.25, 0.3) is 0 Å². The predicted molar refractivity (Wildman–Crippen MR) is 102 cm³/mol. The second-order valence-electron chi connectivity index (χ2n) is 5.09. The zero-order valence-corrected chi connectivity index (χ0v) is 16.1. The predicted octanol–water partition coefficient (Wildman–Crippen LogP) is 2.78. The van der Waals surface area contributed by atoms with Gasteiger partial charge in [0.2, 0.25) is 0 Å². The number of H-pyrrole nitrogens is 1. The van der Waals surface area contributed by atoms with Gasteiger partial charge in [0.15, 0.2) is 15.5 Å². The normalized spacial score (nSPS) is 12.3. The average molecular weight is 380 g/mol. The Kier molecular flexibility index (Phi) is 7.21. The van der Waals surface area contributed by atoms with Crippen molar-refractivity contribution in [2.24, 2.45) is 0 Å². The monoisotopic (exact) mass is 379 g/mol. The van der Waals surface area contributed by atoms with Gasteiger partial charge in [0.05, 0.1) is 30.2 Å². The van der Waals surface area contributed by atoms with Gasteiger partial charge in [-0.1, -0.05) is 13.0 Å². The third-order valence-electron chi connectivity index (χ3n) is 3.20. The maximum atomic E-state index is 11.7. The van der Waals surface area contributed by atoms with Crippen molar-refractivity contribution >= 4 is 41.7 Å². The topological polar surface area (TPSA) is 60.6 Å². The number of hydrogen-bond acceptors (Lipinski definition) is 6. The van der Waals surface area contributed by atoms with Gasteiger partial charge in [-0.2, -0.15) is 0 Å².